The van der Waals surface area contributed by atoms with Crippen LogP contribution in [0.15, 0.2) is 24.3 Å². The molecule has 2 aromatic rings. The van der Waals surface area contributed by atoms with E-state index in [4.69, 9.17) is 9.47 Å². The Morgan fingerprint density at radius 3 is 2.68 bits per heavy atom. The number of nitrogens with zero attached hydrogens (tertiary/aromatic N) is 2. The van der Waals surface area contributed by atoms with Crippen LogP contribution in [0.3, 0.4) is 0 Å². The van der Waals surface area contributed by atoms with Gasteiger partial charge in [-0.3, -0.25) is 10.1 Å². The van der Waals surface area contributed by atoms with Gasteiger partial charge in [0.2, 0.25) is 5.13 Å². The fourth-order valence-electron chi connectivity index (χ4n) is 1.77. The first-order valence-electron chi connectivity index (χ1n) is 6.96. The van der Waals surface area contributed by atoms with Crippen molar-refractivity contribution in [3.63, 3.8) is 0 Å². The van der Waals surface area contributed by atoms with E-state index in [1.54, 1.807) is 19.2 Å². The monoisotopic (exact) mass is 321 g/mol. The van der Waals surface area contributed by atoms with E-state index >= 15 is 0 Å². The second-order valence-corrected chi connectivity index (χ2v) is 6.15. The van der Waals surface area contributed by atoms with Gasteiger partial charge in [0.05, 0.1) is 7.11 Å². The van der Waals surface area contributed by atoms with Gasteiger partial charge in [-0.2, -0.15) is 0 Å². The highest BCUT2D eigenvalue weighted by Crippen LogP contribution is 2.25. The van der Waals surface area contributed by atoms with Gasteiger partial charge in [0, 0.05) is 6.42 Å². The Kier molecular flexibility index (Phi) is 5.71. The number of aromatic nitrogens is 2. The van der Waals surface area contributed by atoms with E-state index in [0.717, 1.165) is 11.4 Å². The van der Waals surface area contributed by atoms with E-state index < -0.39 is 0 Å². The molecule has 1 amide bonds. The van der Waals surface area contributed by atoms with Gasteiger partial charge < -0.3 is 9.47 Å². The van der Waals surface area contributed by atoms with Crippen LogP contribution in [0.1, 0.15) is 18.9 Å². The molecule has 0 aliphatic heterocycles. The lowest BCUT2D eigenvalue weighted by molar-refractivity contribution is -0.118. The Labute approximate surface area is 133 Å². The summed E-state index contributed by atoms with van der Waals surface area (Å²) in [4.78, 5) is 11.9. The molecule has 6 nitrogen and oxygen atoms in total. The number of carbonyl (C=O) groups excluding carboxylic acids is 1. The molecule has 2 rings (SSSR count). The van der Waals surface area contributed by atoms with Gasteiger partial charge >= 0.3 is 0 Å². The molecule has 0 radical (unpaired) electrons. The average Bonchev–Trinajstić information content (AvgIpc) is 2.91. The molecule has 0 aliphatic carbocycles. The Bertz CT molecular complexity index is 628. The van der Waals surface area contributed by atoms with Gasteiger partial charge in [-0.25, -0.2) is 0 Å². The number of benzene rings is 1. The number of rotatable bonds is 7. The Morgan fingerprint density at radius 1 is 1.27 bits per heavy atom. The van der Waals surface area contributed by atoms with Crippen molar-refractivity contribution in [2.45, 2.75) is 20.3 Å². The Balaban J connectivity index is 1.86. The number of carbonyl (C=O) groups is 1. The molecular weight excluding hydrogens is 302 g/mol. The summed E-state index contributed by atoms with van der Waals surface area (Å²) < 4.78 is 10.6. The summed E-state index contributed by atoms with van der Waals surface area (Å²) in [5.74, 6) is 1.34. The van der Waals surface area contributed by atoms with Crippen LogP contribution < -0.4 is 14.8 Å². The fourth-order valence-corrected chi connectivity index (χ4v) is 2.74. The summed E-state index contributed by atoms with van der Waals surface area (Å²) in [5.41, 5.74) is 0. The first kappa shape index (κ1) is 16.2. The van der Waals surface area contributed by atoms with Gasteiger partial charge in [-0.15, -0.1) is 10.2 Å². The molecule has 7 heteroatoms. The lowest BCUT2D eigenvalue weighted by Crippen LogP contribution is -2.20. The molecule has 1 aromatic heterocycles. The molecule has 22 heavy (non-hydrogen) atoms. The van der Waals surface area contributed by atoms with Gasteiger partial charge in [0.1, 0.15) is 5.01 Å². The third kappa shape index (κ3) is 4.70. The van der Waals surface area contributed by atoms with Crippen molar-refractivity contribution in [3.05, 3.63) is 29.3 Å². The average molecular weight is 321 g/mol. The highest BCUT2D eigenvalue weighted by Gasteiger charge is 2.11. The molecule has 0 fully saturated rings. The van der Waals surface area contributed by atoms with E-state index in [0.29, 0.717) is 22.5 Å². The maximum atomic E-state index is 11.9. The minimum Gasteiger partial charge on any atom is -0.493 e. The molecule has 0 atom stereocenters. The number of hydrogen-bond acceptors (Lipinski definition) is 6. The van der Waals surface area contributed by atoms with Crippen LogP contribution in [0.25, 0.3) is 0 Å². The maximum Gasteiger partial charge on any atom is 0.264 e. The Hall–Kier alpha value is -2.15. The van der Waals surface area contributed by atoms with Crippen LogP contribution in [0.2, 0.25) is 0 Å². The number of methoxy groups -OCH3 is 1. The summed E-state index contributed by atoms with van der Waals surface area (Å²) in [5, 5.41) is 12.1. The zero-order valence-corrected chi connectivity index (χ0v) is 13.6. The summed E-state index contributed by atoms with van der Waals surface area (Å²) in [6.45, 7) is 4.11. The minimum absolute atomic E-state index is 0.112. The van der Waals surface area contributed by atoms with Gasteiger partial charge in [-0.1, -0.05) is 37.3 Å². The van der Waals surface area contributed by atoms with Crippen LogP contribution in [-0.4, -0.2) is 29.8 Å². The normalized spacial score (nSPS) is 10.5. The quantitative estimate of drug-likeness (QED) is 0.849. The number of ether oxygens (including phenoxy) is 2. The van der Waals surface area contributed by atoms with Crippen molar-refractivity contribution in [2.24, 2.45) is 5.92 Å². The molecule has 1 aromatic carbocycles. The molecule has 0 spiro atoms. The zero-order chi connectivity index (χ0) is 15.9. The predicted octanol–water partition coefficient (Wildman–Crippen LogP) is 2.76. The summed E-state index contributed by atoms with van der Waals surface area (Å²) in [6, 6.07) is 7.18. The van der Waals surface area contributed by atoms with Gasteiger partial charge in [0.15, 0.2) is 18.1 Å². The second-order valence-electron chi connectivity index (χ2n) is 5.09. The van der Waals surface area contributed by atoms with Crippen LogP contribution in [0.5, 0.6) is 11.5 Å². The van der Waals surface area contributed by atoms with Gasteiger partial charge in [0.25, 0.3) is 5.91 Å². The van der Waals surface area contributed by atoms with E-state index in [9.17, 15) is 4.79 Å². The first-order chi connectivity index (χ1) is 10.6. The van der Waals surface area contributed by atoms with E-state index in [-0.39, 0.29) is 12.5 Å². The molecule has 118 valence electrons. The number of hydrogen-bond donors (Lipinski definition) is 1. The fraction of sp³-hybridized carbons (Fsp3) is 0.400. The Morgan fingerprint density at radius 2 is 2.00 bits per heavy atom. The van der Waals surface area contributed by atoms with E-state index in [2.05, 4.69) is 29.4 Å². The maximum absolute atomic E-state index is 11.9. The van der Waals surface area contributed by atoms with Gasteiger partial charge in [-0.05, 0) is 18.1 Å². The third-order valence-electron chi connectivity index (χ3n) is 2.72. The van der Waals surface area contributed by atoms with Crippen LogP contribution in [0, 0.1) is 5.92 Å². The second kappa shape index (κ2) is 7.74. The largest absolute Gasteiger partial charge is 0.493 e. The van der Waals surface area contributed by atoms with Crippen molar-refractivity contribution in [2.75, 3.05) is 19.0 Å². The molecular formula is C15H19N3O3S. The van der Waals surface area contributed by atoms with Crippen LogP contribution in [0.4, 0.5) is 5.13 Å². The molecule has 0 saturated carbocycles. The smallest absolute Gasteiger partial charge is 0.264 e. The minimum atomic E-state index is -0.279. The summed E-state index contributed by atoms with van der Waals surface area (Å²) in [7, 11) is 1.56. The van der Waals surface area contributed by atoms with Crippen LogP contribution >= 0.6 is 11.3 Å². The number of anilines is 1. The van der Waals surface area contributed by atoms with Crippen molar-refractivity contribution < 1.29 is 14.3 Å². The SMILES string of the molecule is COc1ccccc1OCC(=O)Nc1nnc(CC(C)C)s1. The highest BCUT2D eigenvalue weighted by molar-refractivity contribution is 7.15. The molecule has 0 bridgehead atoms. The van der Waals surface area contributed by atoms with Crippen molar-refractivity contribution in [3.8, 4) is 11.5 Å². The standard InChI is InChI=1S/C15H19N3O3S/c1-10(2)8-14-17-18-15(22-14)16-13(19)9-21-12-7-5-4-6-11(12)20-3/h4-7,10H,8-9H2,1-3H3,(H,16,18,19). The predicted molar refractivity (Wildman–Crippen MR) is 85.6 cm³/mol. The number of nitrogens with one attached hydrogen (secondary N) is 1. The van der Waals surface area contributed by atoms with Crippen molar-refractivity contribution in [1.29, 1.82) is 0 Å². The third-order valence-corrected chi connectivity index (χ3v) is 3.58. The molecule has 1 heterocycles. The summed E-state index contributed by atoms with van der Waals surface area (Å²) in [6.07, 6.45) is 0.852. The van der Waals surface area contributed by atoms with Crippen molar-refractivity contribution in [1.82, 2.24) is 10.2 Å². The lowest BCUT2D eigenvalue weighted by Gasteiger charge is -2.09. The van der Waals surface area contributed by atoms with E-state index in [1.807, 2.05) is 12.1 Å². The van der Waals surface area contributed by atoms with E-state index in [1.165, 1.54) is 11.3 Å². The molecule has 0 unspecified atom stereocenters. The zero-order valence-electron chi connectivity index (χ0n) is 12.8. The summed E-state index contributed by atoms with van der Waals surface area (Å²) >= 11 is 1.38. The van der Waals surface area contributed by atoms with Crippen LogP contribution in [-0.2, 0) is 11.2 Å². The first-order valence-corrected chi connectivity index (χ1v) is 7.78. The molecule has 0 aliphatic rings. The topological polar surface area (TPSA) is 73.3 Å². The van der Waals surface area contributed by atoms with Crippen molar-refractivity contribution >= 4 is 22.4 Å². The molecule has 1 N–H and O–H groups in total. The number of amides is 1. The lowest BCUT2D eigenvalue weighted by atomic mass is 10.1. The highest BCUT2D eigenvalue weighted by atomic mass is 32.1. The molecule has 0 saturated heterocycles. The number of para-hydroxylation sites is 2.